The number of alkyl halides is 3. The first-order valence-corrected chi connectivity index (χ1v) is 9.93. The van der Waals surface area contributed by atoms with Crippen LogP contribution in [-0.4, -0.2) is 23.6 Å². The van der Waals surface area contributed by atoms with Gasteiger partial charge in [0.05, 0.1) is 22.9 Å². The Balaban J connectivity index is 2.31. The summed E-state index contributed by atoms with van der Waals surface area (Å²) < 4.78 is 46.7. The number of hydrogen-bond donors (Lipinski definition) is 0. The number of hydrogen-bond acceptors (Lipinski definition) is 4. The number of esters is 1. The van der Waals surface area contributed by atoms with E-state index in [9.17, 15) is 22.8 Å². The van der Waals surface area contributed by atoms with Crippen LogP contribution in [0.1, 0.15) is 40.9 Å². The molecule has 3 aromatic rings. The topological polar surface area (TPSA) is 60.7 Å². The van der Waals surface area contributed by atoms with E-state index in [2.05, 4.69) is 4.99 Å². The number of carbonyl (C=O) groups is 2. The van der Waals surface area contributed by atoms with Crippen molar-refractivity contribution in [3.05, 3.63) is 64.0 Å². The number of aryl methyl sites for hydroxylation is 1. The molecule has 0 aliphatic heterocycles. The van der Waals surface area contributed by atoms with Crippen LogP contribution in [0.5, 0.6) is 0 Å². The van der Waals surface area contributed by atoms with Crippen LogP contribution in [0.15, 0.2) is 47.5 Å². The van der Waals surface area contributed by atoms with Crippen molar-refractivity contribution in [2.75, 3.05) is 7.11 Å². The smallest absolute Gasteiger partial charge is 0.417 e. The molecule has 9 heteroatoms. The third-order valence-electron chi connectivity index (χ3n) is 4.63. The summed E-state index contributed by atoms with van der Waals surface area (Å²) >= 11 is 0.723. The van der Waals surface area contributed by atoms with Crippen LogP contribution >= 0.6 is 11.3 Å². The zero-order chi connectivity index (χ0) is 22.1. The number of amides is 1. The first-order chi connectivity index (χ1) is 14.2. The van der Waals surface area contributed by atoms with E-state index in [1.807, 2.05) is 6.92 Å². The minimum atomic E-state index is -4.59. The molecule has 5 nitrogen and oxygen atoms in total. The van der Waals surface area contributed by atoms with E-state index >= 15 is 0 Å². The number of carbonyl (C=O) groups excluding carboxylic acids is 2. The summed E-state index contributed by atoms with van der Waals surface area (Å²) in [5, 5.41) is 0. The number of rotatable bonds is 4. The fourth-order valence-electron chi connectivity index (χ4n) is 3.10. The second-order valence-electron chi connectivity index (χ2n) is 6.64. The molecule has 1 aromatic heterocycles. The van der Waals surface area contributed by atoms with Crippen molar-refractivity contribution in [3.63, 3.8) is 0 Å². The lowest BCUT2D eigenvalue weighted by Crippen LogP contribution is -2.28. The Labute approximate surface area is 174 Å². The lowest BCUT2D eigenvalue weighted by atomic mass is 10.1. The molecular formula is C21H19F3N2O3S. The van der Waals surface area contributed by atoms with Gasteiger partial charge in [0, 0.05) is 5.56 Å². The van der Waals surface area contributed by atoms with Crippen molar-refractivity contribution in [2.45, 2.75) is 32.5 Å². The fourth-order valence-corrected chi connectivity index (χ4v) is 4.30. The van der Waals surface area contributed by atoms with Gasteiger partial charge in [-0.2, -0.15) is 18.2 Å². The molecule has 2 aromatic carbocycles. The lowest BCUT2D eigenvalue weighted by molar-refractivity contribution is -0.144. The van der Waals surface area contributed by atoms with Crippen molar-refractivity contribution < 1.29 is 27.5 Å². The van der Waals surface area contributed by atoms with Crippen LogP contribution < -0.4 is 4.80 Å². The minimum absolute atomic E-state index is 0.00419. The van der Waals surface area contributed by atoms with Crippen molar-refractivity contribution in [1.29, 1.82) is 0 Å². The Morgan fingerprint density at radius 2 is 1.83 bits per heavy atom. The second kappa shape index (κ2) is 8.43. The Hall–Kier alpha value is -2.94. The first-order valence-electron chi connectivity index (χ1n) is 9.12. The quantitative estimate of drug-likeness (QED) is 0.547. The van der Waals surface area contributed by atoms with Crippen LogP contribution in [0.2, 0.25) is 0 Å². The van der Waals surface area contributed by atoms with Gasteiger partial charge in [0.25, 0.3) is 5.91 Å². The summed E-state index contributed by atoms with van der Waals surface area (Å²) in [6.45, 7) is 3.57. The predicted octanol–water partition coefficient (Wildman–Crippen LogP) is 4.90. The molecule has 1 heterocycles. The number of methoxy groups -OCH3 is 1. The summed E-state index contributed by atoms with van der Waals surface area (Å²) in [5.41, 5.74) is 0.576. The highest BCUT2D eigenvalue weighted by Gasteiger charge is 2.35. The van der Waals surface area contributed by atoms with Gasteiger partial charge in [-0.15, -0.1) is 0 Å². The Morgan fingerprint density at radius 3 is 2.40 bits per heavy atom. The fraction of sp³-hybridized carbons (Fsp3) is 0.286. The van der Waals surface area contributed by atoms with E-state index < -0.39 is 29.7 Å². The monoisotopic (exact) mass is 436 g/mol. The minimum Gasteiger partial charge on any atom is -0.467 e. The summed E-state index contributed by atoms with van der Waals surface area (Å²) in [5.74, 6) is -1.23. The van der Waals surface area contributed by atoms with Crippen molar-refractivity contribution in [1.82, 2.24) is 4.57 Å². The SMILES string of the molecule is CCC(C(=O)OC)n1c(=NC(=O)c2ccc(C)cc2)sc2c(C(F)(F)F)cccc21. The van der Waals surface area contributed by atoms with E-state index in [4.69, 9.17) is 4.74 Å². The molecule has 30 heavy (non-hydrogen) atoms. The standard InChI is InChI=1S/C21H19F3N2O3S/c1-4-15(19(28)29-3)26-16-7-5-6-14(21(22,23)24)17(16)30-20(26)25-18(27)13-10-8-12(2)9-11-13/h5-11,15H,4H2,1-3H3. The van der Waals surface area contributed by atoms with Gasteiger partial charge < -0.3 is 9.30 Å². The number of ether oxygens (including phenoxy) is 1. The molecule has 0 aliphatic rings. The predicted molar refractivity (Wildman–Crippen MR) is 107 cm³/mol. The Morgan fingerprint density at radius 1 is 1.17 bits per heavy atom. The molecule has 0 N–H and O–H groups in total. The summed E-state index contributed by atoms with van der Waals surface area (Å²) in [6, 6.07) is 9.46. The molecule has 158 valence electrons. The molecule has 1 unspecified atom stereocenters. The third kappa shape index (κ3) is 4.16. The van der Waals surface area contributed by atoms with Crippen LogP contribution in [0, 0.1) is 6.92 Å². The molecule has 1 atom stereocenters. The van der Waals surface area contributed by atoms with Crippen LogP contribution in [0.3, 0.4) is 0 Å². The number of benzene rings is 2. The molecule has 0 saturated carbocycles. The van der Waals surface area contributed by atoms with Crippen molar-refractivity contribution in [2.24, 2.45) is 4.99 Å². The third-order valence-corrected chi connectivity index (χ3v) is 5.73. The highest BCUT2D eigenvalue weighted by atomic mass is 32.1. The molecule has 0 radical (unpaired) electrons. The van der Waals surface area contributed by atoms with Gasteiger partial charge in [0.1, 0.15) is 6.04 Å². The van der Waals surface area contributed by atoms with E-state index in [1.54, 1.807) is 31.2 Å². The molecule has 0 fully saturated rings. The highest BCUT2D eigenvalue weighted by Crippen LogP contribution is 2.37. The van der Waals surface area contributed by atoms with Gasteiger partial charge in [-0.1, -0.05) is 42.0 Å². The maximum absolute atomic E-state index is 13.5. The zero-order valence-electron chi connectivity index (χ0n) is 16.5. The number of thiazole rings is 1. The number of nitrogens with zero attached hydrogens (tertiary/aromatic N) is 2. The lowest BCUT2D eigenvalue weighted by Gasteiger charge is -2.16. The van der Waals surface area contributed by atoms with E-state index in [-0.39, 0.29) is 21.4 Å². The van der Waals surface area contributed by atoms with Crippen molar-refractivity contribution >= 4 is 33.4 Å². The molecule has 0 saturated heterocycles. The molecule has 1 amide bonds. The Kier molecular flexibility index (Phi) is 6.12. The summed E-state index contributed by atoms with van der Waals surface area (Å²) in [6.07, 6.45) is -4.34. The van der Waals surface area contributed by atoms with Crippen LogP contribution in [-0.2, 0) is 15.7 Å². The molecule has 0 spiro atoms. The van der Waals surface area contributed by atoms with Gasteiger partial charge in [0.2, 0.25) is 0 Å². The number of fused-ring (bicyclic) bond motifs is 1. The normalized spacial score (nSPS) is 13.5. The van der Waals surface area contributed by atoms with Gasteiger partial charge in [-0.05, 0) is 37.6 Å². The average molecular weight is 436 g/mol. The number of aromatic nitrogens is 1. The summed E-state index contributed by atoms with van der Waals surface area (Å²) in [4.78, 5) is 29.1. The van der Waals surface area contributed by atoms with Gasteiger partial charge in [0.15, 0.2) is 4.80 Å². The van der Waals surface area contributed by atoms with Gasteiger partial charge in [-0.25, -0.2) is 4.79 Å². The Bertz CT molecular complexity index is 1160. The van der Waals surface area contributed by atoms with Gasteiger partial charge in [-0.3, -0.25) is 4.79 Å². The van der Waals surface area contributed by atoms with E-state index in [0.717, 1.165) is 23.0 Å². The van der Waals surface area contributed by atoms with Gasteiger partial charge >= 0.3 is 12.1 Å². The molecule has 3 rings (SSSR count). The molecular weight excluding hydrogens is 417 g/mol. The van der Waals surface area contributed by atoms with Crippen LogP contribution in [0.4, 0.5) is 13.2 Å². The van der Waals surface area contributed by atoms with Crippen LogP contribution in [0.25, 0.3) is 10.2 Å². The molecule has 0 bridgehead atoms. The maximum atomic E-state index is 13.5. The first kappa shape index (κ1) is 21.8. The summed E-state index contributed by atoms with van der Waals surface area (Å²) in [7, 11) is 1.20. The highest BCUT2D eigenvalue weighted by molar-refractivity contribution is 7.16. The zero-order valence-corrected chi connectivity index (χ0v) is 17.3. The van der Waals surface area contributed by atoms with E-state index in [1.165, 1.54) is 23.8 Å². The van der Waals surface area contributed by atoms with E-state index in [0.29, 0.717) is 5.56 Å². The number of halogens is 3. The maximum Gasteiger partial charge on any atom is 0.417 e. The van der Waals surface area contributed by atoms with Crippen molar-refractivity contribution in [3.8, 4) is 0 Å². The second-order valence-corrected chi connectivity index (χ2v) is 7.61. The molecule has 0 aliphatic carbocycles. The largest absolute Gasteiger partial charge is 0.467 e. The average Bonchev–Trinajstić information content (AvgIpc) is 3.05.